The van der Waals surface area contributed by atoms with Gasteiger partial charge in [0.1, 0.15) is 5.75 Å². The Morgan fingerprint density at radius 3 is 2.61 bits per heavy atom. The van der Waals surface area contributed by atoms with E-state index in [-0.39, 0.29) is 16.5 Å². The number of rotatable bonds is 6. The molecule has 1 aliphatic heterocycles. The normalized spacial score (nSPS) is 17.7. The molecule has 1 saturated heterocycles. The van der Waals surface area contributed by atoms with Gasteiger partial charge in [-0.05, 0) is 31.0 Å². The van der Waals surface area contributed by atoms with Crippen molar-refractivity contribution < 1.29 is 22.7 Å². The number of hydrogen-bond donors (Lipinski definition) is 2. The standard InChI is InChI=1S/C14H19ClN2O5S/c1-21-12-3-2-10(8-11(12)15)23(19,20)17-9-14(13(16)18)4-6-22-7-5-14/h2-3,8,17H,4-7,9H2,1H3,(H2,16,18). The van der Waals surface area contributed by atoms with Crippen LogP contribution in [0.15, 0.2) is 23.1 Å². The largest absolute Gasteiger partial charge is 0.495 e. The monoisotopic (exact) mass is 362 g/mol. The zero-order valence-corrected chi connectivity index (χ0v) is 14.2. The van der Waals surface area contributed by atoms with E-state index in [1.807, 2.05) is 0 Å². The summed E-state index contributed by atoms with van der Waals surface area (Å²) in [7, 11) is -2.38. The SMILES string of the molecule is COc1ccc(S(=O)(=O)NCC2(C(N)=O)CCOCC2)cc1Cl. The van der Waals surface area contributed by atoms with Crippen LogP contribution in [-0.2, 0) is 19.6 Å². The molecule has 0 aliphatic carbocycles. The van der Waals surface area contributed by atoms with Crippen molar-refractivity contribution in [3.8, 4) is 5.75 Å². The van der Waals surface area contributed by atoms with Gasteiger partial charge in [0.25, 0.3) is 0 Å². The van der Waals surface area contributed by atoms with Crippen LogP contribution in [0.4, 0.5) is 0 Å². The van der Waals surface area contributed by atoms with Crippen LogP contribution in [-0.4, -0.2) is 41.2 Å². The fraction of sp³-hybridized carbons (Fsp3) is 0.500. The minimum absolute atomic E-state index is 0.00465. The molecule has 1 fully saturated rings. The third-order valence-corrected chi connectivity index (χ3v) is 5.70. The lowest BCUT2D eigenvalue weighted by Crippen LogP contribution is -2.49. The summed E-state index contributed by atoms with van der Waals surface area (Å²) in [5, 5.41) is 0.186. The van der Waals surface area contributed by atoms with E-state index in [9.17, 15) is 13.2 Å². The number of benzene rings is 1. The van der Waals surface area contributed by atoms with Crippen molar-refractivity contribution in [3.05, 3.63) is 23.2 Å². The number of nitrogens with two attached hydrogens (primary N) is 1. The minimum atomic E-state index is -3.82. The number of ether oxygens (including phenoxy) is 2. The predicted octanol–water partition coefficient (Wildman–Crippen LogP) is 0.909. The van der Waals surface area contributed by atoms with Gasteiger partial charge in [0.2, 0.25) is 15.9 Å². The van der Waals surface area contributed by atoms with E-state index >= 15 is 0 Å². The summed E-state index contributed by atoms with van der Waals surface area (Å²) in [4.78, 5) is 11.8. The summed E-state index contributed by atoms with van der Waals surface area (Å²) < 4.78 is 37.5. The van der Waals surface area contributed by atoms with Gasteiger partial charge in [0.15, 0.2) is 0 Å². The van der Waals surface area contributed by atoms with Crippen molar-refractivity contribution >= 4 is 27.5 Å². The van der Waals surface area contributed by atoms with Crippen LogP contribution in [0.2, 0.25) is 5.02 Å². The van der Waals surface area contributed by atoms with Crippen LogP contribution in [0.1, 0.15) is 12.8 Å². The zero-order chi connectivity index (χ0) is 17.1. The van der Waals surface area contributed by atoms with Crippen LogP contribution in [0.3, 0.4) is 0 Å². The topological polar surface area (TPSA) is 108 Å². The number of sulfonamides is 1. The molecule has 1 aromatic carbocycles. The zero-order valence-electron chi connectivity index (χ0n) is 12.7. The summed E-state index contributed by atoms with van der Waals surface area (Å²) >= 11 is 5.95. The molecule has 0 bridgehead atoms. The van der Waals surface area contributed by atoms with Crippen molar-refractivity contribution in [2.24, 2.45) is 11.1 Å². The molecule has 0 spiro atoms. The molecule has 0 saturated carbocycles. The Balaban J connectivity index is 2.17. The first kappa shape index (κ1) is 18.0. The first-order valence-electron chi connectivity index (χ1n) is 7.02. The number of amides is 1. The number of primary amides is 1. The Hall–Kier alpha value is -1.35. The highest BCUT2D eigenvalue weighted by molar-refractivity contribution is 7.89. The third-order valence-electron chi connectivity index (χ3n) is 4.01. The fourth-order valence-corrected chi connectivity index (χ4v) is 3.88. The lowest BCUT2D eigenvalue weighted by Gasteiger charge is -2.34. The summed E-state index contributed by atoms with van der Waals surface area (Å²) in [6.07, 6.45) is 0.766. The molecule has 1 aromatic rings. The number of hydrogen-bond acceptors (Lipinski definition) is 5. The summed E-state index contributed by atoms with van der Waals surface area (Å²) in [5.74, 6) is -0.153. The molecular weight excluding hydrogens is 344 g/mol. The maximum atomic E-state index is 12.4. The smallest absolute Gasteiger partial charge is 0.240 e. The third kappa shape index (κ3) is 3.95. The molecule has 0 atom stereocenters. The first-order valence-corrected chi connectivity index (χ1v) is 8.88. The average molecular weight is 363 g/mol. The second kappa shape index (κ2) is 7.04. The van der Waals surface area contributed by atoms with Gasteiger partial charge < -0.3 is 15.2 Å². The van der Waals surface area contributed by atoms with E-state index < -0.39 is 21.3 Å². The molecule has 0 unspecified atom stereocenters. The lowest BCUT2D eigenvalue weighted by molar-refractivity contribution is -0.132. The second-order valence-corrected chi connectivity index (χ2v) is 7.55. The quantitative estimate of drug-likeness (QED) is 0.782. The van der Waals surface area contributed by atoms with E-state index in [1.165, 1.54) is 25.3 Å². The Kier molecular flexibility index (Phi) is 5.51. The molecule has 128 valence electrons. The number of nitrogens with one attached hydrogen (secondary N) is 1. The van der Waals surface area contributed by atoms with E-state index in [2.05, 4.69) is 4.72 Å². The van der Waals surface area contributed by atoms with Crippen LogP contribution in [0.25, 0.3) is 0 Å². The highest BCUT2D eigenvalue weighted by atomic mass is 35.5. The molecule has 7 nitrogen and oxygen atoms in total. The van der Waals surface area contributed by atoms with Gasteiger partial charge in [-0.1, -0.05) is 11.6 Å². The Labute approximate surface area is 140 Å². The number of halogens is 1. The highest BCUT2D eigenvalue weighted by Gasteiger charge is 2.39. The molecule has 1 aliphatic rings. The van der Waals surface area contributed by atoms with Crippen molar-refractivity contribution in [2.75, 3.05) is 26.9 Å². The van der Waals surface area contributed by atoms with E-state index in [1.54, 1.807) is 0 Å². The fourth-order valence-electron chi connectivity index (χ4n) is 2.40. The van der Waals surface area contributed by atoms with Crippen molar-refractivity contribution in [3.63, 3.8) is 0 Å². The highest BCUT2D eigenvalue weighted by Crippen LogP contribution is 2.31. The predicted molar refractivity (Wildman–Crippen MR) is 84.9 cm³/mol. The Morgan fingerprint density at radius 1 is 1.43 bits per heavy atom. The van der Waals surface area contributed by atoms with E-state index in [0.29, 0.717) is 31.8 Å². The number of methoxy groups -OCH3 is 1. The molecule has 0 radical (unpaired) electrons. The molecule has 23 heavy (non-hydrogen) atoms. The second-order valence-electron chi connectivity index (χ2n) is 5.38. The number of carbonyl (C=O) groups is 1. The first-order chi connectivity index (χ1) is 10.8. The molecule has 3 N–H and O–H groups in total. The van der Waals surface area contributed by atoms with Gasteiger partial charge in [-0.25, -0.2) is 13.1 Å². The van der Waals surface area contributed by atoms with E-state index in [0.717, 1.165) is 0 Å². The van der Waals surface area contributed by atoms with Crippen molar-refractivity contribution in [2.45, 2.75) is 17.7 Å². The van der Waals surface area contributed by atoms with Gasteiger partial charge >= 0.3 is 0 Å². The van der Waals surface area contributed by atoms with Gasteiger partial charge in [-0.2, -0.15) is 0 Å². The molecule has 1 heterocycles. The van der Waals surface area contributed by atoms with Crippen LogP contribution >= 0.6 is 11.6 Å². The summed E-state index contributed by atoms with van der Waals surface area (Å²) in [5.41, 5.74) is 4.54. The van der Waals surface area contributed by atoms with Crippen LogP contribution in [0.5, 0.6) is 5.75 Å². The molecule has 1 amide bonds. The minimum Gasteiger partial charge on any atom is -0.495 e. The van der Waals surface area contributed by atoms with Crippen molar-refractivity contribution in [1.29, 1.82) is 0 Å². The van der Waals surface area contributed by atoms with Gasteiger partial charge in [0.05, 0.1) is 22.4 Å². The molecule has 2 rings (SSSR count). The maximum Gasteiger partial charge on any atom is 0.240 e. The Morgan fingerprint density at radius 2 is 2.09 bits per heavy atom. The summed E-state index contributed by atoms with van der Waals surface area (Å²) in [6, 6.07) is 4.15. The molecule has 9 heteroatoms. The maximum absolute atomic E-state index is 12.4. The molecule has 0 aromatic heterocycles. The summed E-state index contributed by atoms with van der Waals surface area (Å²) in [6.45, 7) is 0.676. The van der Waals surface area contributed by atoms with Gasteiger partial charge in [0, 0.05) is 19.8 Å². The van der Waals surface area contributed by atoms with E-state index in [4.69, 9.17) is 26.8 Å². The van der Waals surface area contributed by atoms with Gasteiger partial charge in [-0.15, -0.1) is 0 Å². The lowest BCUT2D eigenvalue weighted by atomic mass is 9.80. The Bertz CT molecular complexity index is 686. The van der Waals surface area contributed by atoms with Crippen LogP contribution < -0.4 is 15.2 Å². The number of carbonyl (C=O) groups excluding carboxylic acids is 1. The van der Waals surface area contributed by atoms with Crippen molar-refractivity contribution in [1.82, 2.24) is 4.72 Å². The molecular formula is C14H19ClN2O5S. The average Bonchev–Trinajstić information content (AvgIpc) is 2.53. The van der Waals surface area contributed by atoms with Crippen LogP contribution in [0, 0.1) is 5.41 Å². The van der Waals surface area contributed by atoms with Gasteiger partial charge in [-0.3, -0.25) is 4.79 Å².